The van der Waals surface area contributed by atoms with E-state index in [2.05, 4.69) is 64.9 Å². The number of aliphatic imine (C=N–C) groups is 1. The molecule has 4 N–H and O–H groups in total. The van der Waals surface area contributed by atoms with Crippen molar-refractivity contribution in [2.24, 2.45) is 16.6 Å². The molecule has 0 aromatic carbocycles. The van der Waals surface area contributed by atoms with Crippen molar-refractivity contribution in [2.75, 3.05) is 31.1 Å². The van der Waals surface area contributed by atoms with Gasteiger partial charge in [-0.2, -0.15) is 0 Å². The number of rotatable bonds is 8. The number of aromatic nitrogens is 1. The Kier molecular flexibility index (Phi) is 10.2. The van der Waals surface area contributed by atoms with Gasteiger partial charge in [0.05, 0.1) is 12.5 Å². The van der Waals surface area contributed by atoms with Crippen molar-refractivity contribution >= 4 is 53.0 Å². The molecule has 0 bridgehead atoms. The average molecular weight is 571 g/mol. The molecule has 1 saturated heterocycles. The molecule has 1 atom stereocenters. The Morgan fingerprint density at radius 1 is 1.34 bits per heavy atom. The number of piperidine rings is 1. The van der Waals surface area contributed by atoms with E-state index in [0.29, 0.717) is 13.1 Å². The Hall–Kier alpha value is -1.88. The molecule has 176 valence electrons. The van der Waals surface area contributed by atoms with Crippen LogP contribution in [0.4, 0.5) is 5.82 Å². The number of halogens is 1. The van der Waals surface area contributed by atoms with Crippen molar-refractivity contribution in [1.29, 1.82) is 0 Å². The number of amides is 1. The van der Waals surface area contributed by atoms with Crippen LogP contribution in [0.5, 0.6) is 0 Å². The summed E-state index contributed by atoms with van der Waals surface area (Å²) in [5, 5.41) is 8.94. The zero-order valence-corrected chi connectivity index (χ0v) is 22.3. The average Bonchev–Trinajstić information content (AvgIpc) is 3.32. The number of pyridine rings is 1. The number of hydrogen-bond donors (Lipinski definition) is 3. The van der Waals surface area contributed by atoms with E-state index in [1.807, 2.05) is 6.07 Å². The number of thiophene rings is 1. The Balaban J connectivity index is 0.00000363. The first-order valence-corrected chi connectivity index (χ1v) is 11.8. The quantitative estimate of drug-likeness (QED) is 0.257. The lowest BCUT2D eigenvalue weighted by molar-refractivity contribution is -0.122. The van der Waals surface area contributed by atoms with Crippen LogP contribution < -0.4 is 21.3 Å². The molecule has 0 spiro atoms. The highest BCUT2D eigenvalue weighted by molar-refractivity contribution is 14.0. The van der Waals surface area contributed by atoms with Crippen LogP contribution in [0.1, 0.15) is 44.1 Å². The van der Waals surface area contributed by atoms with Gasteiger partial charge in [-0.25, -0.2) is 9.98 Å². The van der Waals surface area contributed by atoms with Crippen LogP contribution in [-0.4, -0.2) is 43.0 Å². The zero-order chi connectivity index (χ0) is 22.3. The first-order chi connectivity index (χ1) is 14.9. The Morgan fingerprint density at radius 3 is 2.84 bits per heavy atom. The number of carbonyl (C=O) groups is 1. The normalized spacial score (nSPS) is 16.9. The summed E-state index contributed by atoms with van der Waals surface area (Å²) in [6.45, 7) is 10.1. The van der Waals surface area contributed by atoms with Crippen LogP contribution in [0.25, 0.3) is 0 Å². The monoisotopic (exact) mass is 570 g/mol. The number of primary amides is 1. The number of nitrogens with zero attached hydrogens (tertiary/aromatic N) is 3. The highest BCUT2D eigenvalue weighted by Crippen LogP contribution is 2.27. The van der Waals surface area contributed by atoms with E-state index >= 15 is 0 Å². The van der Waals surface area contributed by atoms with Crippen LogP contribution in [0.2, 0.25) is 0 Å². The highest BCUT2D eigenvalue weighted by Gasteiger charge is 2.26. The van der Waals surface area contributed by atoms with Gasteiger partial charge in [0, 0.05) is 48.2 Å². The second-order valence-electron chi connectivity index (χ2n) is 8.58. The van der Waals surface area contributed by atoms with Gasteiger partial charge in [0.25, 0.3) is 0 Å². The maximum absolute atomic E-state index is 11.7. The third-order valence-corrected chi connectivity index (χ3v) is 6.86. The van der Waals surface area contributed by atoms with Gasteiger partial charge >= 0.3 is 0 Å². The van der Waals surface area contributed by atoms with E-state index in [0.717, 1.165) is 49.8 Å². The second kappa shape index (κ2) is 12.4. The van der Waals surface area contributed by atoms with Gasteiger partial charge < -0.3 is 21.3 Å². The summed E-state index contributed by atoms with van der Waals surface area (Å²) in [7, 11) is 0. The van der Waals surface area contributed by atoms with Crippen molar-refractivity contribution in [1.82, 2.24) is 15.6 Å². The minimum absolute atomic E-state index is 0. The van der Waals surface area contributed by atoms with Crippen LogP contribution in [0.15, 0.2) is 40.8 Å². The van der Waals surface area contributed by atoms with Crippen molar-refractivity contribution in [3.05, 3.63) is 46.3 Å². The predicted molar refractivity (Wildman–Crippen MR) is 144 cm³/mol. The molecule has 2 aromatic heterocycles. The van der Waals surface area contributed by atoms with Gasteiger partial charge in [0.15, 0.2) is 5.96 Å². The van der Waals surface area contributed by atoms with Crippen LogP contribution in [-0.2, 0) is 16.8 Å². The van der Waals surface area contributed by atoms with E-state index < -0.39 is 0 Å². The second-order valence-corrected chi connectivity index (χ2v) is 9.53. The molecule has 1 amide bonds. The smallest absolute Gasteiger partial charge is 0.222 e. The molecular weight excluding hydrogens is 535 g/mol. The largest absolute Gasteiger partial charge is 0.369 e. The maximum atomic E-state index is 11.7. The molecule has 2 aromatic rings. The SMILES string of the molecule is CCNC(=NCc1cccnc1N1CCCC(C(N)=O)C1)NCC(C)(C)c1cccs1.I. The molecular formula is C23H35IN6OS. The van der Waals surface area contributed by atoms with E-state index in [1.165, 1.54) is 4.88 Å². The van der Waals surface area contributed by atoms with Gasteiger partial charge in [-0.15, -0.1) is 35.3 Å². The van der Waals surface area contributed by atoms with Gasteiger partial charge in [0.1, 0.15) is 5.82 Å². The lowest BCUT2D eigenvalue weighted by Crippen LogP contribution is -2.43. The van der Waals surface area contributed by atoms with E-state index in [9.17, 15) is 4.79 Å². The van der Waals surface area contributed by atoms with Crippen molar-refractivity contribution in [3.8, 4) is 0 Å². The predicted octanol–water partition coefficient (Wildman–Crippen LogP) is 3.50. The molecule has 0 radical (unpaired) electrons. The minimum atomic E-state index is -0.229. The molecule has 0 aliphatic carbocycles. The zero-order valence-electron chi connectivity index (χ0n) is 19.1. The lowest BCUT2D eigenvalue weighted by Gasteiger charge is -2.33. The lowest BCUT2D eigenvalue weighted by atomic mass is 9.91. The first kappa shape index (κ1) is 26.4. The van der Waals surface area contributed by atoms with E-state index in [-0.39, 0.29) is 41.2 Å². The molecule has 3 rings (SSSR count). The van der Waals surface area contributed by atoms with Gasteiger partial charge in [0.2, 0.25) is 5.91 Å². The molecule has 1 aliphatic rings. The molecule has 0 saturated carbocycles. The number of nitrogens with one attached hydrogen (secondary N) is 2. The standard InChI is InChI=1S/C23H34N6OS.HI/c1-4-25-22(28-16-23(2,3)19-10-7-13-31-19)27-14-17-8-5-11-26-21(17)29-12-6-9-18(15-29)20(24)30;/h5,7-8,10-11,13,18H,4,6,9,12,14-16H2,1-3H3,(H2,24,30)(H2,25,27,28);1H. The van der Waals surface area contributed by atoms with E-state index in [4.69, 9.17) is 10.7 Å². The molecule has 32 heavy (non-hydrogen) atoms. The summed E-state index contributed by atoms with van der Waals surface area (Å²) in [6.07, 6.45) is 3.58. The first-order valence-electron chi connectivity index (χ1n) is 10.9. The third-order valence-electron chi connectivity index (χ3n) is 5.63. The Morgan fingerprint density at radius 2 is 2.16 bits per heavy atom. The summed E-state index contributed by atoms with van der Waals surface area (Å²) in [6, 6.07) is 8.26. The Bertz CT molecular complexity index is 886. The maximum Gasteiger partial charge on any atom is 0.222 e. The van der Waals surface area contributed by atoms with Crippen molar-refractivity contribution in [3.63, 3.8) is 0 Å². The number of guanidine groups is 1. The molecule has 1 unspecified atom stereocenters. The summed E-state index contributed by atoms with van der Waals surface area (Å²) in [5.41, 5.74) is 6.62. The number of hydrogen-bond acceptors (Lipinski definition) is 5. The minimum Gasteiger partial charge on any atom is -0.369 e. The third kappa shape index (κ3) is 7.06. The molecule has 1 fully saturated rings. The van der Waals surface area contributed by atoms with Crippen molar-refractivity contribution < 1.29 is 4.79 Å². The number of nitrogens with two attached hydrogens (primary N) is 1. The van der Waals surface area contributed by atoms with Gasteiger partial charge in [-0.1, -0.05) is 26.0 Å². The fourth-order valence-corrected chi connectivity index (χ4v) is 4.65. The number of anilines is 1. The van der Waals surface area contributed by atoms with Crippen LogP contribution >= 0.6 is 35.3 Å². The number of carbonyl (C=O) groups excluding carboxylic acids is 1. The molecule has 9 heteroatoms. The summed E-state index contributed by atoms with van der Waals surface area (Å²) in [4.78, 5) is 24.6. The fraction of sp³-hybridized carbons (Fsp3) is 0.522. The van der Waals surface area contributed by atoms with Gasteiger partial charge in [-0.05, 0) is 37.3 Å². The Labute approximate surface area is 212 Å². The van der Waals surface area contributed by atoms with Gasteiger partial charge in [-0.3, -0.25) is 4.79 Å². The topological polar surface area (TPSA) is 95.6 Å². The summed E-state index contributed by atoms with van der Waals surface area (Å²) in [5.74, 6) is 1.33. The molecule has 7 nitrogen and oxygen atoms in total. The van der Waals surface area contributed by atoms with E-state index in [1.54, 1.807) is 17.5 Å². The fourth-order valence-electron chi connectivity index (χ4n) is 3.80. The van der Waals surface area contributed by atoms with Crippen molar-refractivity contribution in [2.45, 2.75) is 45.6 Å². The molecule has 1 aliphatic heterocycles. The summed E-state index contributed by atoms with van der Waals surface area (Å²) >= 11 is 1.78. The summed E-state index contributed by atoms with van der Waals surface area (Å²) < 4.78 is 0. The highest BCUT2D eigenvalue weighted by atomic mass is 127. The van der Waals surface area contributed by atoms with Crippen LogP contribution in [0, 0.1) is 5.92 Å². The van der Waals surface area contributed by atoms with Crippen LogP contribution in [0.3, 0.4) is 0 Å². The molecule has 3 heterocycles.